The molecule has 33 heavy (non-hydrogen) atoms. The van der Waals surface area contributed by atoms with Crippen molar-refractivity contribution in [2.45, 2.75) is 132 Å². The van der Waals surface area contributed by atoms with E-state index in [1.807, 2.05) is 0 Å². The second-order valence-corrected chi connectivity index (χ2v) is 10.7. The summed E-state index contributed by atoms with van der Waals surface area (Å²) in [6.07, 6.45) is 14.0. The van der Waals surface area contributed by atoms with E-state index in [0.29, 0.717) is 12.2 Å². The van der Waals surface area contributed by atoms with Crippen molar-refractivity contribution in [3.63, 3.8) is 0 Å². The van der Waals surface area contributed by atoms with Gasteiger partial charge in [0, 0.05) is 31.3 Å². The Kier molecular flexibility index (Phi) is 6.89. The highest BCUT2D eigenvalue weighted by Crippen LogP contribution is 2.52. The first-order valence-corrected chi connectivity index (χ1v) is 13.2. The Hall–Kier alpha value is -0.990. The molecule has 0 N–H and O–H groups in total. The third kappa shape index (κ3) is 4.76. The summed E-state index contributed by atoms with van der Waals surface area (Å²) in [5.41, 5.74) is 0.352. The van der Waals surface area contributed by atoms with Gasteiger partial charge in [0.05, 0.1) is 6.61 Å². The van der Waals surface area contributed by atoms with E-state index in [0.717, 1.165) is 51.4 Å². The van der Waals surface area contributed by atoms with Gasteiger partial charge in [-0.15, -0.1) is 0 Å². The summed E-state index contributed by atoms with van der Waals surface area (Å²) in [5, 5.41) is 0. The van der Waals surface area contributed by atoms with E-state index in [4.69, 9.17) is 28.4 Å². The lowest BCUT2D eigenvalue weighted by Gasteiger charge is -2.40. The van der Waals surface area contributed by atoms with Crippen molar-refractivity contribution in [3.8, 4) is 0 Å². The molecule has 0 unspecified atom stereocenters. The summed E-state index contributed by atoms with van der Waals surface area (Å²) in [7, 11) is 0. The first-order chi connectivity index (χ1) is 16.0. The lowest BCUT2D eigenvalue weighted by atomic mass is 9.95. The summed E-state index contributed by atoms with van der Waals surface area (Å²) in [5.74, 6) is -2.92. The first kappa shape index (κ1) is 23.7. The van der Waals surface area contributed by atoms with Crippen LogP contribution in [-0.4, -0.2) is 54.9 Å². The van der Waals surface area contributed by atoms with Crippen molar-refractivity contribution in [2.75, 3.05) is 13.2 Å². The predicted molar refractivity (Wildman–Crippen MR) is 120 cm³/mol. The van der Waals surface area contributed by atoms with Crippen LogP contribution in [0.3, 0.4) is 0 Å². The number of carbonyl (C=O) groups is 1. The highest BCUT2D eigenvalue weighted by atomic mass is 16.9. The van der Waals surface area contributed by atoms with E-state index < -0.39 is 29.4 Å². The molecule has 2 saturated carbocycles. The second kappa shape index (κ2) is 9.57. The van der Waals surface area contributed by atoms with Crippen molar-refractivity contribution >= 4 is 5.97 Å². The molecule has 5 rings (SSSR count). The van der Waals surface area contributed by atoms with Crippen LogP contribution < -0.4 is 0 Å². The van der Waals surface area contributed by atoms with E-state index >= 15 is 0 Å². The minimum Gasteiger partial charge on any atom is -0.456 e. The van der Waals surface area contributed by atoms with Crippen LogP contribution in [0.5, 0.6) is 0 Å². The zero-order valence-corrected chi connectivity index (χ0v) is 20.1. The van der Waals surface area contributed by atoms with Crippen molar-refractivity contribution in [2.24, 2.45) is 0 Å². The lowest BCUT2D eigenvalue weighted by Crippen LogP contribution is -2.60. The maximum absolute atomic E-state index is 12.2. The standard InChI is InChI=1S/C26H40O7/c1-19(2)23(27)28-18-26-22(32-25(33-26)15-11-7-4-8-12-16-25)21-20(17-29-26)30-24(31-21)13-9-5-3-6-10-14-24/h20-22H,1,3-18H2,2H3/t20-,21-,22+,26+/m1/s1. The zero-order valence-electron chi connectivity index (χ0n) is 20.1. The number of hydrogen-bond acceptors (Lipinski definition) is 7. The topological polar surface area (TPSA) is 72.5 Å². The van der Waals surface area contributed by atoms with Gasteiger partial charge in [-0.05, 0) is 32.6 Å². The third-order valence-corrected chi connectivity index (χ3v) is 7.99. The Morgan fingerprint density at radius 1 is 0.848 bits per heavy atom. The first-order valence-electron chi connectivity index (χ1n) is 13.2. The molecular formula is C26H40O7. The lowest BCUT2D eigenvalue weighted by molar-refractivity contribution is -0.303. The average Bonchev–Trinajstić information content (AvgIpc) is 3.29. The van der Waals surface area contributed by atoms with E-state index in [9.17, 15) is 4.79 Å². The minimum absolute atomic E-state index is 0.0370. The number of esters is 1. The van der Waals surface area contributed by atoms with Crippen molar-refractivity contribution in [1.82, 2.24) is 0 Å². The molecule has 186 valence electrons. The summed E-state index contributed by atoms with van der Waals surface area (Å²) >= 11 is 0. The van der Waals surface area contributed by atoms with E-state index in [1.165, 1.54) is 38.5 Å². The van der Waals surface area contributed by atoms with Crippen LogP contribution >= 0.6 is 0 Å². The van der Waals surface area contributed by atoms with Gasteiger partial charge >= 0.3 is 5.97 Å². The Morgan fingerprint density at radius 2 is 1.42 bits per heavy atom. The van der Waals surface area contributed by atoms with Gasteiger partial charge < -0.3 is 28.4 Å². The smallest absolute Gasteiger partial charge is 0.333 e. The molecule has 5 fully saturated rings. The molecular weight excluding hydrogens is 424 g/mol. The maximum Gasteiger partial charge on any atom is 0.333 e. The number of hydrogen-bond donors (Lipinski definition) is 0. The molecule has 0 aromatic carbocycles. The van der Waals surface area contributed by atoms with Crippen molar-refractivity contribution in [3.05, 3.63) is 12.2 Å². The van der Waals surface area contributed by atoms with Gasteiger partial charge in [0.25, 0.3) is 0 Å². The molecule has 0 aromatic rings. The maximum atomic E-state index is 12.2. The quantitative estimate of drug-likeness (QED) is 0.434. The summed E-state index contributed by atoms with van der Waals surface area (Å²) in [4.78, 5) is 12.2. The number of rotatable bonds is 3. The van der Waals surface area contributed by atoms with Gasteiger partial charge in [-0.25, -0.2) is 4.79 Å². The molecule has 3 saturated heterocycles. The van der Waals surface area contributed by atoms with Crippen LogP contribution in [0.1, 0.15) is 96.8 Å². The largest absolute Gasteiger partial charge is 0.456 e. The Labute approximate surface area is 197 Å². The van der Waals surface area contributed by atoms with E-state index in [-0.39, 0.29) is 18.8 Å². The molecule has 5 aliphatic rings. The second-order valence-electron chi connectivity index (χ2n) is 10.7. The predicted octanol–water partition coefficient (Wildman–Crippen LogP) is 4.91. The SMILES string of the molecule is C=C(C)C(=O)OC[C@@]12OC[C@H]3OC4(CCCCCCC4)O[C@H]3[C@@H]1OC1(CCCCCCC1)O2. The molecule has 2 aliphatic carbocycles. The van der Waals surface area contributed by atoms with Gasteiger partial charge in [-0.2, -0.15) is 0 Å². The fourth-order valence-corrected chi connectivity index (χ4v) is 6.24. The molecule has 7 nitrogen and oxygen atoms in total. The van der Waals surface area contributed by atoms with Gasteiger partial charge in [0.2, 0.25) is 5.79 Å². The minimum atomic E-state index is -1.18. The summed E-state index contributed by atoms with van der Waals surface area (Å²) < 4.78 is 38.7. The molecule has 7 heteroatoms. The normalized spacial score (nSPS) is 37.9. The van der Waals surface area contributed by atoms with Crippen molar-refractivity contribution < 1.29 is 33.2 Å². The fraction of sp³-hybridized carbons (Fsp3) is 0.885. The summed E-state index contributed by atoms with van der Waals surface area (Å²) in [6.45, 7) is 5.65. The number of fused-ring (bicyclic) bond motifs is 3. The molecule has 3 aliphatic heterocycles. The average molecular weight is 465 g/mol. The highest BCUT2D eigenvalue weighted by molar-refractivity contribution is 5.86. The van der Waals surface area contributed by atoms with Crippen molar-refractivity contribution in [1.29, 1.82) is 0 Å². The fourth-order valence-electron chi connectivity index (χ4n) is 6.24. The van der Waals surface area contributed by atoms with Crippen LogP contribution in [0, 0.1) is 0 Å². The zero-order chi connectivity index (χ0) is 22.9. The number of carbonyl (C=O) groups excluding carboxylic acids is 1. The molecule has 2 spiro atoms. The molecule has 3 heterocycles. The van der Waals surface area contributed by atoms with Gasteiger partial charge in [0.1, 0.15) is 24.9 Å². The molecule has 4 atom stereocenters. The Bertz CT molecular complexity index is 720. The van der Waals surface area contributed by atoms with Crippen LogP contribution in [0.2, 0.25) is 0 Å². The van der Waals surface area contributed by atoms with E-state index in [1.54, 1.807) is 6.92 Å². The molecule has 0 aromatic heterocycles. The van der Waals surface area contributed by atoms with Crippen LogP contribution in [0.4, 0.5) is 0 Å². The Morgan fingerprint density at radius 3 is 2.03 bits per heavy atom. The van der Waals surface area contributed by atoms with Crippen LogP contribution in [0.25, 0.3) is 0 Å². The molecule has 0 radical (unpaired) electrons. The van der Waals surface area contributed by atoms with Crippen LogP contribution in [-0.2, 0) is 33.2 Å². The third-order valence-electron chi connectivity index (χ3n) is 7.99. The van der Waals surface area contributed by atoms with E-state index in [2.05, 4.69) is 6.58 Å². The number of ether oxygens (including phenoxy) is 6. The monoisotopic (exact) mass is 464 g/mol. The molecule has 0 bridgehead atoms. The van der Waals surface area contributed by atoms with Gasteiger partial charge in [-0.1, -0.05) is 45.1 Å². The Balaban J connectivity index is 1.40. The van der Waals surface area contributed by atoms with Gasteiger partial charge in [0.15, 0.2) is 11.6 Å². The summed E-state index contributed by atoms with van der Waals surface area (Å²) in [6, 6.07) is 0. The molecule has 0 amide bonds. The van der Waals surface area contributed by atoms with Crippen LogP contribution in [0.15, 0.2) is 12.2 Å². The highest BCUT2D eigenvalue weighted by Gasteiger charge is 2.68. The van der Waals surface area contributed by atoms with Gasteiger partial charge in [-0.3, -0.25) is 0 Å².